The lowest BCUT2D eigenvalue weighted by Crippen LogP contribution is -2.36. The van der Waals surface area contributed by atoms with E-state index in [1.807, 2.05) is 60.7 Å². The lowest BCUT2D eigenvalue weighted by molar-refractivity contribution is -0.192. The van der Waals surface area contributed by atoms with Crippen LogP contribution in [0.3, 0.4) is 0 Å². The van der Waals surface area contributed by atoms with Gasteiger partial charge in [-0.25, -0.2) is 4.79 Å². The summed E-state index contributed by atoms with van der Waals surface area (Å²) in [6, 6.07) is 32.7. The summed E-state index contributed by atoms with van der Waals surface area (Å²) in [5.41, 5.74) is 4.40. The van der Waals surface area contributed by atoms with Gasteiger partial charge in [0.05, 0.1) is 6.54 Å². The summed E-state index contributed by atoms with van der Waals surface area (Å²) < 4.78 is 31.7. The highest BCUT2D eigenvalue weighted by Crippen LogP contribution is 2.36. The Morgan fingerprint density at radius 3 is 1.89 bits per heavy atom. The second-order valence-corrected chi connectivity index (χ2v) is 8.20. The molecule has 1 atom stereocenters. The van der Waals surface area contributed by atoms with Gasteiger partial charge in [-0.3, -0.25) is 9.69 Å². The van der Waals surface area contributed by atoms with Crippen molar-refractivity contribution in [2.45, 2.75) is 18.6 Å². The van der Waals surface area contributed by atoms with Crippen LogP contribution >= 0.6 is 0 Å². The van der Waals surface area contributed by atoms with Crippen molar-refractivity contribution < 1.29 is 27.9 Å². The molecule has 2 N–H and O–H groups in total. The van der Waals surface area contributed by atoms with Crippen LogP contribution in [0.15, 0.2) is 97.1 Å². The largest absolute Gasteiger partial charge is 0.490 e. The molecule has 0 aromatic heterocycles. The van der Waals surface area contributed by atoms with E-state index in [1.54, 1.807) is 4.90 Å². The Hall–Kier alpha value is -4.17. The van der Waals surface area contributed by atoms with Crippen LogP contribution in [0.5, 0.6) is 0 Å². The number of alkyl halides is 3. The van der Waals surface area contributed by atoms with Crippen molar-refractivity contribution in [3.63, 3.8) is 0 Å². The number of benzene rings is 4. The second kappa shape index (κ2) is 10.6. The van der Waals surface area contributed by atoms with Crippen LogP contribution in [0.1, 0.15) is 17.2 Å². The van der Waals surface area contributed by atoms with Crippen LogP contribution in [0.2, 0.25) is 0 Å². The topological polar surface area (TPSA) is 69.6 Å². The summed E-state index contributed by atoms with van der Waals surface area (Å²) in [6.07, 6.45) is -4.17. The van der Waals surface area contributed by atoms with Crippen molar-refractivity contribution in [3.05, 3.63) is 108 Å². The second-order valence-electron chi connectivity index (χ2n) is 8.20. The summed E-state index contributed by atoms with van der Waals surface area (Å²) in [5.74, 6) is -2.72. The Morgan fingerprint density at radius 2 is 1.36 bits per heavy atom. The zero-order valence-corrected chi connectivity index (χ0v) is 19.1. The number of nitrogens with one attached hydrogen (secondary N) is 1. The van der Waals surface area contributed by atoms with Gasteiger partial charge >= 0.3 is 12.1 Å². The van der Waals surface area contributed by atoms with Gasteiger partial charge in [0.1, 0.15) is 0 Å². The first-order valence-corrected chi connectivity index (χ1v) is 11.2. The van der Waals surface area contributed by atoms with Gasteiger partial charge in [-0.05, 0) is 52.6 Å². The van der Waals surface area contributed by atoms with Gasteiger partial charge in [0.25, 0.3) is 0 Å². The number of amides is 1. The van der Waals surface area contributed by atoms with Crippen LogP contribution < -0.4 is 10.2 Å². The van der Waals surface area contributed by atoms with E-state index in [0.717, 1.165) is 17.8 Å². The van der Waals surface area contributed by atoms with Crippen LogP contribution in [-0.2, 0) is 16.0 Å². The van der Waals surface area contributed by atoms with Crippen LogP contribution in [-0.4, -0.2) is 29.7 Å². The van der Waals surface area contributed by atoms with Gasteiger partial charge in [-0.2, -0.15) is 13.2 Å². The Labute approximate surface area is 205 Å². The van der Waals surface area contributed by atoms with Gasteiger partial charge in [-0.1, -0.05) is 72.8 Å². The number of halogens is 3. The van der Waals surface area contributed by atoms with Crippen LogP contribution in [0, 0.1) is 0 Å². The first kappa shape index (κ1) is 24.9. The molecular weight excluding hydrogens is 469 g/mol. The molecule has 0 saturated carbocycles. The SMILES string of the molecule is O=C(CNC1Cc2cccc3cccc1c23)N(c1ccccc1)c1ccccc1.O=C(O)C(F)(F)F. The van der Waals surface area contributed by atoms with E-state index in [9.17, 15) is 18.0 Å². The average Bonchev–Trinajstić information content (AvgIpc) is 3.24. The fourth-order valence-corrected chi connectivity index (χ4v) is 4.30. The highest BCUT2D eigenvalue weighted by Gasteiger charge is 2.38. The molecule has 5 nitrogen and oxygen atoms in total. The zero-order valence-electron chi connectivity index (χ0n) is 19.1. The predicted molar refractivity (Wildman–Crippen MR) is 132 cm³/mol. The molecule has 0 heterocycles. The minimum absolute atomic E-state index is 0.0329. The van der Waals surface area contributed by atoms with Gasteiger partial charge in [0, 0.05) is 17.4 Å². The molecule has 0 aliphatic heterocycles. The number of anilines is 2. The highest BCUT2D eigenvalue weighted by molar-refractivity contribution is 6.01. The summed E-state index contributed by atoms with van der Waals surface area (Å²) in [6.45, 7) is 0.277. The smallest absolute Gasteiger partial charge is 0.475 e. The van der Waals surface area contributed by atoms with Crippen molar-refractivity contribution in [3.8, 4) is 0 Å². The first-order chi connectivity index (χ1) is 17.3. The van der Waals surface area contributed by atoms with Crippen molar-refractivity contribution in [1.29, 1.82) is 0 Å². The van der Waals surface area contributed by atoms with Gasteiger partial charge in [0.2, 0.25) is 5.91 Å². The quantitative estimate of drug-likeness (QED) is 0.357. The Morgan fingerprint density at radius 1 is 0.833 bits per heavy atom. The maximum absolute atomic E-state index is 13.3. The van der Waals surface area contributed by atoms with E-state index in [2.05, 4.69) is 41.7 Å². The fourth-order valence-electron chi connectivity index (χ4n) is 4.30. The van der Waals surface area contributed by atoms with Crippen LogP contribution in [0.25, 0.3) is 10.8 Å². The molecule has 0 bridgehead atoms. The van der Waals surface area contributed by atoms with Crippen molar-refractivity contribution in [2.75, 3.05) is 11.4 Å². The van der Waals surface area contributed by atoms with Gasteiger partial charge < -0.3 is 10.4 Å². The minimum Gasteiger partial charge on any atom is -0.475 e. The normalized spacial score (nSPS) is 14.1. The number of hydrogen-bond donors (Lipinski definition) is 2. The number of carbonyl (C=O) groups excluding carboxylic acids is 1. The number of carboxylic acids is 1. The number of rotatable bonds is 5. The molecular formula is C28H23F3N2O3. The molecule has 184 valence electrons. The Balaban J connectivity index is 0.000000384. The molecule has 0 spiro atoms. The summed E-state index contributed by atoms with van der Waals surface area (Å²) in [5, 5.41) is 13.2. The highest BCUT2D eigenvalue weighted by atomic mass is 19.4. The van der Waals surface area contributed by atoms with E-state index in [0.29, 0.717) is 0 Å². The summed E-state index contributed by atoms with van der Waals surface area (Å²) in [4.78, 5) is 24.0. The van der Waals surface area contributed by atoms with Crippen molar-refractivity contribution >= 4 is 34.0 Å². The van der Waals surface area contributed by atoms with Crippen molar-refractivity contribution in [2.24, 2.45) is 0 Å². The number of carboxylic acid groups (broad SMARTS) is 1. The Kier molecular flexibility index (Phi) is 7.36. The first-order valence-electron chi connectivity index (χ1n) is 11.2. The molecule has 1 aliphatic rings. The van der Waals surface area contributed by atoms with E-state index in [1.165, 1.54) is 21.9 Å². The summed E-state index contributed by atoms with van der Waals surface area (Å²) >= 11 is 0. The lowest BCUT2D eigenvalue weighted by atomic mass is 10.0. The van der Waals surface area contributed by atoms with E-state index in [4.69, 9.17) is 9.90 Å². The lowest BCUT2D eigenvalue weighted by Gasteiger charge is -2.24. The van der Waals surface area contributed by atoms with Gasteiger partial charge in [-0.15, -0.1) is 0 Å². The molecule has 36 heavy (non-hydrogen) atoms. The number of aliphatic carboxylic acids is 1. The third-order valence-corrected chi connectivity index (χ3v) is 5.84. The number of hydrogen-bond acceptors (Lipinski definition) is 3. The maximum Gasteiger partial charge on any atom is 0.490 e. The monoisotopic (exact) mass is 492 g/mol. The molecule has 1 aliphatic carbocycles. The number of nitrogens with zero attached hydrogens (tertiary/aromatic N) is 1. The van der Waals surface area contributed by atoms with Crippen molar-refractivity contribution in [1.82, 2.24) is 5.32 Å². The molecule has 1 unspecified atom stereocenters. The molecule has 4 aromatic carbocycles. The maximum atomic E-state index is 13.3. The Bertz CT molecular complexity index is 1310. The van der Waals surface area contributed by atoms with Gasteiger partial charge in [0.15, 0.2) is 0 Å². The molecule has 0 saturated heterocycles. The number of carbonyl (C=O) groups is 2. The molecule has 0 fully saturated rings. The zero-order chi connectivity index (χ0) is 25.7. The minimum atomic E-state index is -5.08. The third kappa shape index (κ3) is 5.55. The molecule has 8 heteroatoms. The standard InChI is InChI=1S/C26H22N2O.C2HF3O2/c29-25(28(21-12-3-1-4-13-21)22-14-5-2-6-15-22)18-27-24-17-20-11-7-9-19-10-8-16-23(24)26(19)20;3-2(4,5)1(6)7/h1-16,24,27H,17-18H2;(H,6,7). The number of para-hydroxylation sites is 2. The molecule has 5 rings (SSSR count). The fraction of sp³-hybridized carbons (Fsp3) is 0.143. The van der Waals surface area contributed by atoms with E-state index in [-0.39, 0.29) is 18.5 Å². The van der Waals surface area contributed by atoms with E-state index >= 15 is 0 Å². The molecule has 1 amide bonds. The average molecular weight is 492 g/mol. The van der Waals surface area contributed by atoms with E-state index < -0.39 is 12.1 Å². The molecule has 0 radical (unpaired) electrons. The molecule has 4 aromatic rings. The van der Waals surface area contributed by atoms with Crippen LogP contribution in [0.4, 0.5) is 24.5 Å². The third-order valence-electron chi connectivity index (χ3n) is 5.84. The summed E-state index contributed by atoms with van der Waals surface area (Å²) in [7, 11) is 0. The predicted octanol–water partition coefficient (Wildman–Crippen LogP) is 6.02.